The Balaban J connectivity index is 2.08. The zero-order valence-electron chi connectivity index (χ0n) is 18.7. The molecule has 1 amide bonds. The quantitative estimate of drug-likeness (QED) is 0.673. The van der Waals surface area contributed by atoms with Crippen LogP contribution in [-0.2, 0) is 20.2 Å². The highest BCUT2D eigenvalue weighted by molar-refractivity contribution is 7.89. The van der Waals surface area contributed by atoms with Crippen LogP contribution in [0.25, 0.3) is 0 Å². The number of sulfonamides is 1. The fourth-order valence-corrected chi connectivity index (χ4v) is 4.48. The average Bonchev–Trinajstić information content (AvgIpc) is 2.68. The van der Waals surface area contributed by atoms with Crippen LogP contribution in [0.5, 0.6) is 5.75 Å². The molecule has 1 N–H and O–H groups in total. The minimum atomic E-state index is -3.60. The van der Waals surface area contributed by atoms with E-state index in [0.717, 1.165) is 5.56 Å². The van der Waals surface area contributed by atoms with E-state index in [0.29, 0.717) is 24.5 Å². The fraction of sp³-hybridized carbons (Fsp3) is 0.435. The van der Waals surface area contributed by atoms with E-state index >= 15 is 0 Å². The summed E-state index contributed by atoms with van der Waals surface area (Å²) < 4.78 is 32.4. The number of anilines is 1. The number of aryl methyl sites for hydroxylation is 1. The SMILES string of the molecule is CCN(CC)S(=O)(=O)c1ccc(C)c(NC(=O)COc2ccc(C(C)(C)C)cc2)c1. The molecule has 0 aliphatic rings. The third-order valence-corrected chi connectivity index (χ3v) is 6.96. The first-order chi connectivity index (χ1) is 14.0. The Hall–Kier alpha value is -2.38. The van der Waals surface area contributed by atoms with Crippen LogP contribution in [0.1, 0.15) is 45.7 Å². The summed E-state index contributed by atoms with van der Waals surface area (Å²) in [7, 11) is -3.60. The lowest BCUT2D eigenvalue weighted by molar-refractivity contribution is -0.118. The molecule has 0 aromatic heterocycles. The van der Waals surface area contributed by atoms with E-state index in [9.17, 15) is 13.2 Å². The van der Waals surface area contributed by atoms with Crippen molar-refractivity contribution in [1.82, 2.24) is 4.31 Å². The minimum Gasteiger partial charge on any atom is -0.484 e. The van der Waals surface area contributed by atoms with Crippen LogP contribution in [-0.4, -0.2) is 38.3 Å². The summed E-state index contributed by atoms with van der Waals surface area (Å²) in [6, 6.07) is 12.4. The minimum absolute atomic E-state index is 0.0456. The number of carbonyl (C=O) groups is 1. The van der Waals surface area contributed by atoms with E-state index in [4.69, 9.17) is 4.74 Å². The number of nitrogens with zero attached hydrogens (tertiary/aromatic N) is 1. The third kappa shape index (κ3) is 5.83. The number of ether oxygens (including phenoxy) is 1. The molecule has 164 valence electrons. The van der Waals surface area contributed by atoms with E-state index in [1.54, 1.807) is 26.0 Å². The molecule has 0 aliphatic heterocycles. The number of rotatable bonds is 8. The predicted molar refractivity (Wildman–Crippen MR) is 121 cm³/mol. The lowest BCUT2D eigenvalue weighted by atomic mass is 9.87. The number of carbonyl (C=O) groups excluding carboxylic acids is 1. The third-order valence-electron chi connectivity index (χ3n) is 4.92. The Morgan fingerprint density at radius 2 is 1.63 bits per heavy atom. The largest absolute Gasteiger partial charge is 0.484 e. The summed E-state index contributed by atoms with van der Waals surface area (Å²) in [5, 5.41) is 2.76. The highest BCUT2D eigenvalue weighted by atomic mass is 32.2. The highest BCUT2D eigenvalue weighted by Crippen LogP contribution is 2.25. The Morgan fingerprint density at radius 3 is 2.17 bits per heavy atom. The van der Waals surface area contributed by atoms with Gasteiger partial charge in [0.25, 0.3) is 5.91 Å². The molecule has 7 heteroatoms. The van der Waals surface area contributed by atoms with Gasteiger partial charge in [0, 0.05) is 18.8 Å². The molecular weight excluding hydrogens is 400 g/mol. The van der Waals surface area contributed by atoms with Crippen molar-refractivity contribution >= 4 is 21.6 Å². The second kappa shape index (κ2) is 9.62. The van der Waals surface area contributed by atoms with Gasteiger partial charge >= 0.3 is 0 Å². The van der Waals surface area contributed by atoms with Crippen molar-refractivity contribution in [2.24, 2.45) is 0 Å². The molecule has 0 aliphatic carbocycles. The van der Waals surface area contributed by atoms with Crippen molar-refractivity contribution < 1.29 is 17.9 Å². The van der Waals surface area contributed by atoms with Gasteiger partial charge in [0.2, 0.25) is 10.0 Å². The molecule has 0 unspecified atom stereocenters. The van der Waals surface area contributed by atoms with Crippen molar-refractivity contribution in [2.75, 3.05) is 25.0 Å². The van der Waals surface area contributed by atoms with E-state index in [1.165, 1.54) is 15.9 Å². The molecule has 2 aromatic rings. The first kappa shape index (κ1) is 23.9. The molecule has 0 spiro atoms. The summed E-state index contributed by atoms with van der Waals surface area (Å²) in [6.07, 6.45) is 0. The number of benzene rings is 2. The van der Waals surface area contributed by atoms with Gasteiger partial charge in [-0.25, -0.2) is 8.42 Å². The van der Waals surface area contributed by atoms with Gasteiger partial charge in [0.1, 0.15) is 5.75 Å². The van der Waals surface area contributed by atoms with Gasteiger partial charge in [-0.05, 0) is 47.7 Å². The van der Waals surface area contributed by atoms with Crippen molar-refractivity contribution in [3.8, 4) is 5.75 Å². The Morgan fingerprint density at radius 1 is 1.03 bits per heavy atom. The smallest absolute Gasteiger partial charge is 0.262 e. The van der Waals surface area contributed by atoms with Crippen LogP contribution >= 0.6 is 0 Å². The monoisotopic (exact) mass is 432 g/mol. The summed E-state index contributed by atoms with van der Waals surface area (Å²) in [5.74, 6) is 0.253. The topological polar surface area (TPSA) is 75.7 Å². The maximum atomic E-state index is 12.7. The Labute approximate surface area is 180 Å². The molecule has 0 bridgehead atoms. The van der Waals surface area contributed by atoms with Crippen LogP contribution in [0.4, 0.5) is 5.69 Å². The summed E-state index contributed by atoms with van der Waals surface area (Å²) in [6.45, 7) is 12.4. The van der Waals surface area contributed by atoms with Gasteiger partial charge in [-0.3, -0.25) is 4.79 Å². The van der Waals surface area contributed by atoms with Crippen LogP contribution < -0.4 is 10.1 Å². The zero-order valence-corrected chi connectivity index (χ0v) is 19.5. The number of hydrogen-bond donors (Lipinski definition) is 1. The second-order valence-corrected chi connectivity index (χ2v) is 10.1. The number of hydrogen-bond acceptors (Lipinski definition) is 4. The molecular formula is C23H32N2O4S. The van der Waals surface area contributed by atoms with E-state index < -0.39 is 10.0 Å². The van der Waals surface area contributed by atoms with Gasteiger partial charge in [-0.15, -0.1) is 0 Å². The maximum absolute atomic E-state index is 12.7. The highest BCUT2D eigenvalue weighted by Gasteiger charge is 2.22. The van der Waals surface area contributed by atoms with Gasteiger partial charge in [0.05, 0.1) is 4.90 Å². The van der Waals surface area contributed by atoms with Crippen molar-refractivity contribution in [1.29, 1.82) is 0 Å². The fourth-order valence-electron chi connectivity index (χ4n) is 3.00. The van der Waals surface area contributed by atoms with Crippen molar-refractivity contribution in [3.05, 3.63) is 53.6 Å². The van der Waals surface area contributed by atoms with E-state index in [1.807, 2.05) is 31.2 Å². The van der Waals surface area contributed by atoms with Gasteiger partial charge in [-0.2, -0.15) is 4.31 Å². The van der Waals surface area contributed by atoms with Crippen molar-refractivity contribution in [3.63, 3.8) is 0 Å². The van der Waals surface area contributed by atoms with E-state index in [-0.39, 0.29) is 22.8 Å². The van der Waals surface area contributed by atoms with E-state index in [2.05, 4.69) is 26.1 Å². The zero-order chi connectivity index (χ0) is 22.5. The molecule has 0 saturated carbocycles. The normalized spacial score (nSPS) is 12.1. The summed E-state index contributed by atoms with van der Waals surface area (Å²) in [4.78, 5) is 12.5. The number of amides is 1. The molecule has 30 heavy (non-hydrogen) atoms. The molecule has 0 radical (unpaired) electrons. The average molecular weight is 433 g/mol. The van der Waals surface area contributed by atoms with Crippen molar-refractivity contribution in [2.45, 2.75) is 51.9 Å². The Kier molecular flexibility index (Phi) is 7.66. The van der Waals surface area contributed by atoms with Crippen LogP contribution in [0.3, 0.4) is 0 Å². The first-order valence-corrected chi connectivity index (χ1v) is 11.6. The van der Waals surface area contributed by atoms with Gasteiger partial charge < -0.3 is 10.1 Å². The van der Waals surface area contributed by atoms with Crippen LogP contribution in [0.2, 0.25) is 0 Å². The predicted octanol–water partition coefficient (Wildman–Crippen LogP) is 4.34. The maximum Gasteiger partial charge on any atom is 0.262 e. The molecule has 2 rings (SSSR count). The molecule has 0 heterocycles. The lowest BCUT2D eigenvalue weighted by Crippen LogP contribution is -2.30. The molecule has 0 atom stereocenters. The van der Waals surface area contributed by atoms with Gasteiger partial charge in [0.15, 0.2) is 6.61 Å². The molecule has 6 nitrogen and oxygen atoms in total. The molecule has 2 aromatic carbocycles. The Bertz CT molecular complexity index is 973. The second-order valence-electron chi connectivity index (χ2n) is 8.18. The first-order valence-electron chi connectivity index (χ1n) is 10.1. The summed E-state index contributed by atoms with van der Waals surface area (Å²) >= 11 is 0. The molecule has 0 fully saturated rings. The molecule has 0 saturated heterocycles. The lowest BCUT2D eigenvalue weighted by Gasteiger charge is -2.20. The van der Waals surface area contributed by atoms with Crippen LogP contribution in [0.15, 0.2) is 47.4 Å². The summed E-state index contributed by atoms with van der Waals surface area (Å²) in [5.41, 5.74) is 2.46. The number of nitrogens with one attached hydrogen (secondary N) is 1. The van der Waals surface area contributed by atoms with Crippen LogP contribution in [0, 0.1) is 6.92 Å². The van der Waals surface area contributed by atoms with Gasteiger partial charge in [-0.1, -0.05) is 52.8 Å². The standard InChI is InChI=1S/C23H32N2O4S/c1-7-25(8-2)30(27,28)20-14-9-17(3)21(15-20)24-22(26)16-29-19-12-10-18(11-13-19)23(4,5)6/h9-15H,7-8,16H2,1-6H3,(H,24,26).